The summed E-state index contributed by atoms with van der Waals surface area (Å²) in [5, 5.41) is 0.578. The minimum atomic E-state index is -0.542. The molecular formula is C12H10ClFN2O. The standard InChI is InChI=1S/C12H10ClFN2O/c13-11-3-1-9(15)5-8(11)7-17-10-2-4-12(14)16-6-10/h1-6H,7,15H2. The molecular weight excluding hydrogens is 243 g/mol. The van der Waals surface area contributed by atoms with E-state index in [9.17, 15) is 4.39 Å². The van der Waals surface area contributed by atoms with Crippen LogP contribution in [0.3, 0.4) is 0 Å². The van der Waals surface area contributed by atoms with E-state index in [4.69, 9.17) is 22.1 Å². The number of pyridine rings is 1. The van der Waals surface area contributed by atoms with Gasteiger partial charge in [0.05, 0.1) is 6.20 Å². The number of ether oxygens (including phenoxy) is 1. The average Bonchev–Trinajstić information content (AvgIpc) is 2.32. The molecule has 1 aromatic heterocycles. The highest BCUT2D eigenvalue weighted by molar-refractivity contribution is 6.31. The zero-order valence-electron chi connectivity index (χ0n) is 8.86. The molecule has 0 aliphatic rings. The Hall–Kier alpha value is -1.81. The summed E-state index contributed by atoms with van der Waals surface area (Å²) in [4.78, 5) is 3.48. The molecule has 0 bridgehead atoms. The highest BCUT2D eigenvalue weighted by Gasteiger charge is 2.02. The molecule has 2 N–H and O–H groups in total. The van der Waals surface area contributed by atoms with Gasteiger partial charge >= 0.3 is 0 Å². The number of nitrogens with zero attached hydrogens (tertiary/aromatic N) is 1. The number of halogens is 2. The normalized spacial score (nSPS) is 10.2. The van der Waals surface area contributed by atoms with Gasteiger partial charge in [-0.1, -0.05) is 11.6 Å². The molecule has 0 saturated heterocycles. The van der Waals surface area contributed by atoms with Gasteiger partial charge in [-0.25, -0.2) is 4.98 Å². The van der Waals surface area contributed by atoms with Crippen molar-refractivity contribution in [3.05, 3.63) is 53.1 Å². The molecule has 5 heteroatoms. The third-order valence-electron chi connectivity index (χ3n) is 2.16. The molecule has 2 rings (SSSR count). The highest BCUT2D eigenvalue weighted by Crippen LogP contribution is 2.20. The summed E-state index contributed by atoms with van der Waals surface area (Å²) in [6, 6.07) is 7.89. The molecule has 1 heterocycles. The highest BCUT2D eigenvalue weighted by atomic mass is 35.5. The lowest BCUT2D eigenvalue weighted by atomic mass is 10.2. The Bertz CT molecular complexity index is 516. The zero-order valence-corrected chi connectivity index (χ0v) is 9.62. The first kappa shape index (κ1) is 11.7. The molecule has 17 heavy (non-hydrogen) atoms. The molecule has 0 aliphatic heterocycles. The van der Waals surface area contributed by atoms with Crippen molar-refractivity contribution >= 4 is 17.3 Å². The van der Waals surface area contributed by atoms with Crippen molar-refractivity contribution in [1.29, 1.82) is 0 Å². The molecule has 0 radical (unpaired) electrons. The van der Waals surface area contributed by atoms with Crippen LogP contribution in [0.25, 0.3) is 0 Å². The number of hydrogen-bond acceptors (Lipinski definition) is 3. The van der Waals surface area contributed by atoms with Crippen molar-refractivity contribution in [2.24, 2.45) is 0 Å². The van der Waals surface area contributed by atoms with Crippen LogP contribution in [0, 0.1) is 5.95 Å². The predicted molar refractivity (Wildman–Crippen MR) is 64.4 cm³/mol. The van der Waals surface area contributed by atoms with E-state index < -0.39 is 5.95 Å². The molecule has 0 unspecified atom stereocenters. The second-order valence-electron chi connectivity index (χ2n) is 3.46. The fourth-order valence-corrected chi connectivity index (χ4v) is 1.49. The number of anilines is 1. The van der Waals surface area contributed by atoms with Crippen molar-refractivity contribution < 1.29 is 9.13 Å². The Kier molecular flexibility index (Phi) is 3.44. The lowest BCUT2D eigenvalue weighted by Crippen LogP contribution is -1.98. The van der Waals surface area contributed by atoms with Crippen LogP contribution in [-0.2, 0) is 6.61 Å². The Morgan fingerprint density at radius 2 is 2.12 bits per heavy atom. The predicted octanol–water partition coefficient (Wildman–Crippen LogP) is 3.04. The number of nitrogen functional groups attached to an aromatic ring is 1. The van der Waals surface area contributed by atoms with Crippen LogP contribution in [0.2, 0.25) is 5.02 Å². The molecule has 88 valence electrons. The average molecular weight is 253 g/mol. The SMILES string of the molecule is Nc1ccc(Cl)c(COc2ccc(F)nc2)c1. The fourth-order valence-electron chi connectivity index (χ4n) is 1.31. The number of benzene rings is 1. The summed E-state index contributed by atoms with van der Waals surface area (Å²) in [7, 11) is 0. The van der Waals surface area contributed by atoms with E-state index in [0.29, 0.717) is 16.5 Å². The summed E-state index contributed by atoms with van der Waals surface area (Å²) < 4.78 is 18.0. The summed E-state index contributed by atoms with van der Waals surface area (Å²) in [6.45, 7) is 0.261. The van der Waals surface area contributed by atoms with E-state index in [1.54, 1.807) is 18.2 Å². The van der Waals surface area contributed by atoms with Crippen LogP contribution in [0.4, 0.5) is 10.1 Å². The van der Waals surface area contributed by atoms with Crippen LogP contribution in [-0.4, -0.2) is 4.98 Å². The van der Waals surface area contributed by atoms with E-state index >= 15 is 0 Å². The van der Waals surface area contributed by atoms with Gasteiger partial charge in [0.25, 0.3) is 0 Å². The van der Waals surface area contributed by atoms with Crippen LogP contribution in [0.5, 0.6) is 5.75 Å². The van der Waals surface area contributed by atoms with Gasteiger partial charge in [-0.3, -0.25) is 0 Å². The molecule has 0 amide bonds. The maximum atomic E-state index is 12.6. The van der Waals surface area contributed by atoms with Crippen molar-refractivity contribution in [1.82, 2.24) is 4.98 Å². The second-order valence-corrected chi connectivity index (χ2v) is 3.86. The lowest BCUT2D eigenvalue weighted by molar-refractivity contribution is 0.304. The number of rotatable bonds is 3. The summed E-state index contributed by atoms with van der Waals surface area (Å²) in [6.07, 6.45) is 1.32. The van der Waals surface area contributed by atoms with Gasteiger partial charge in [0, 0.05) is 16.3 Å². The summed E-state index contributed by atoms with van der Waals surface area (Å²) in [5.41, 5.74) is 7.03. The topological polar surface area (TPSA) is 48.1 Å². The van der Waals surface area contributed by atoms with Crippen LogP contribution in [0.1, 0.15) is 5.56 Å². The maximum Gasteiger partial charge on any atom is 0.213 e. The zero-order chi connectivity index (χ0) is 12.3. The van der Waals surface area contributed by atoms with E-state index in [1.165, 1.54) is 18.3 Å². The first-order valence-electron chi connectivity index (χ1n) is 4.93. The molecule has 0 saturated carbocycles. The third-order valence-corrected chi connectivity index (χ3v) is 2.53. The van der Waals surface area contributed by atoms with E-state index in [1.807, 2.05) is 0 Å². The van der Waals surface area contributed by atoms with E-state index in [-0.39, 0.29) is 6.61 Å². The first-order chi connectivity index (χ1) is 8.15. The molecule has 3 nitrogen and oxygen atoms in total. The van der Waals surface area contributed by atoms with Crippen LogP contribution in [0.15, 0.2) is 36.5 Å². The Balaban J connectivity index is 2.07. The van der Waals surface area contributed by atoms with Crippen molar-refractivity contribution in [3.8, 4) is 5.75 Å². The summed E-state index contributed by atoms with van der Waals surface area (Å²) in [5.74, 6) is -0.0655. The maximum absolute atomic E-state index is 12.6. The smallest absolute Gasteiger partial charge is 0.213 e. The van der Waals surface area contributed by atoms with Crippen LogP contribution < -0.4 is 10.5 Å². The van der Waals surface area contributed by atoms with Crippen molar-refractivity contribution in [2.75, 3.05) is 5.73 Å². The first-order valence-corrected chi connectivity index (χ1v) is 5.31. The van der Waals surface area contributed by atoms with E-state index in [2.05, 4.69) is 4.98 Å². The lowest BCUT2D eigenvalue weighted by Gasteiger charge is -2.08. The van der Waals surface area contributed by atoms with Crippen LogP contribution >= 0.6 is 11.6 Å². The summed E-state index contributed by atoms with van der Waals surface area (Å²) >= 11 is 5.98. The molecule has 0 aliphatic carbocycles. The number of hydrogen-bond donors (Lipinski definition) is 1. The second kappa shape index (κ2) is 5.01. The van der Waals surface area contributed by atoms with Gasteiger partial charge < -0.3 is 10.5 Å². The third kappa shape index (κ3) is 3.07. The largest absolute Gasteiger partial charge is 0.487 e. The molecule has 0 atom stereocenters. The van der Waals surface area contributed by atoms with E-state index in [0.717, 1.165) is 5.56 Å². The van der Waals surface area contributed by atoms with Gasteiger partial charge in [-0.15, -0.1) is 0 Å². The van der Waals surface area contributed by atoms with Gasteiger partial charge in [0.15, 0.2) is 0 Å². The quantitative estimate of drug-likeness (QED) is 0.675. The van der Waals surface area contributed by atoms with Gasteiger partial charge in [-0.05, 0) is 30.3 Å². The Morgan fingerprint density at radius 3 is 2.82 bits per heavy atom. The van der Waals surface area contributed by atoms with Crippen molar-refractivity contribution in [3.63, 3.8) is 0 Å². The number of aromatic nitrogens is 1. The van der Waals surface area contributed by atoms with Gasteiger partial charge in [0.1, 0.15) is 12.4 Å². The molecule has 0 fully saturated rings. The minimum Gasteiger partial charge on any atom is -0.487 e. The Labute approximate surface area is 103 Å². The monoisotopic (exact) mass is 252 g/mol. The van der Waals surface area contributed by atoms with Gasteiger partial charge in [-0.2, -0.15) is 4.39 Å². The number of nitrogens with two attached hydrogens (primary N) is 1. The Morgan fingerprint density at radius 1 is 1.29 bits per heavy atom. The minimum absolute atomic E-state index is 0.261. The van der Waals surface area contributed by atoms with Gasteiger partial charge in [0.2, 0.25) is 5.95 Å². The fraction of sp³-hybridized carbons (Fsp3) is 0.0833. The molecule has 1 aromatic carbocycles. The molecule has 0 spiro atoms. The van der Waals surface area contributed by atoms with Crippen molar-refractivity contribution in [2.45, 2.75) is 6.61 Å². The molecule has 2 aromatic rings.